The predicted octanol–water partition coefficient (Wildman–Crippen LogP) is 1.95. The van der Waals surface area contributed by atoms with Crippen LogP contribution in [0, 0.1) is 0 Å². The molecule has 0 heterocycles. The summed E-state index contributed by atoms with van der Waals surface area (Å²) in [7, 11) is 1.93. The van der Waals surface area contributed by atoms with Crippen LogP contribution < -0.4 is 11.1 Å². The lowest BCUT2D eigenvalue weighted by atomic mass is 10.1. The number of nitrogens with one attached hydrogen (secondary N) is 1. The van der Waals surface area contributed by atoms with Crippen molar-refractivity contribution in [1.82, 2.24) is 5.32 Å². The van der Waals surface area contributed by atoms with Crippen molar-refractivity contribution in [3.05, 3.63) is 34.9 Å². The highest BCUT2D eigenvalue weighted by molar-refractivity contribution is 6.30. The molecule has 1 atom stereocenters. The van der Waals surface area contributed by atoms with Crippen LogP contribution in [0.4, 0.5) is 0 Å². The molecule has 0 aromatic heterocycles. The summed E-state index contributed by atoms with van der Waals surface area (Å²) in [6, 6.07) is 7.79. The van der Waals surface area contributed by atoms with Crippen LogP contribution in [-0.2, 0) is 0 Å². The van der Waals surface area contributed by atoms with Gasteiger partial charge in [0.15, 0.2) is 0 Å². The second-order valence-corrected chi connectivity index (χ2v) is 3.49. The van der Waals surface area contributed by atoms with Gasteiger partial charge in [0.2, 0.25) is 0 Å². The van der Waals surface area contributed by atoms with Gasteiger partial charge in [0.1, 0.15) is 0 Å². The van der Waals surface area contributed by atoms with Gasteiger partial charge in [-0.2, -0.15) is 0 Å². The third-order valence-corrected chi connectivity index (χ3v) is 2.26. The van der Waals surface area contributed by atoms with Crippen molar-refractivity contribution in [2.24, 2.45) is 5.73 Å². The first kappa shape index (κ1) is 10.5. The minimum atomic E-state index is 0.102. The Hall–Kier alpha value is -0.570. The van der Waals surface area contributed by atoms with E-state index in [1.54, 1.807) is 0 Å². The van der Waals surface area contributed by atoms with Crippen LogP contribution in [0.1, 0.15) is 18.0 Å². The van der Waals surface area contributed by atoms with Crippen LogP contribution in [0.3, 0.4) is 0 Å². The van der Waals surface area contributed by atoms with Crippen molar-refractivity contribution in [3.63, 3.8) is 0 Å². The molecule has 0 amide bonds. The van der Waals surface area contributed by atoms with Gasteiger partial charge in [-0.15, -0.1) is 0 Å². The second kappa shape index (κ2) is 5.22. The van der Waals surface area contributed by atoms with Gasteiger partial charge in [-0.1, -0.05) is 23.7 Å². The average Bonchev–Trinajstić information content (AvgIpc) is 2.15. The van der Waals surface area contributed by atoms with Gasteiger partial charge < -0.3 is 11.1 Å². The van der Waals surface area contributed by atoms with E-state index in [4.69, 9.17) is 17.3 Å². The number of hydrogen-bond donors (Lipinski definition) is 2. The highest BCUT2D eigenvalue weighted by Crippen LogP contribution is 2.16. The van der Waals surface area contributed by atoms with Crippen LogP contribution in [0.2, 0.25) is 5.02 Å². The molecule has 3 N–H and O–H groups in total. The normalized spacial score (nSPS) is 12.8. The van der Waals surface area contributed by atoms with E-state index in [1.165, 1.54) is 0 Å². The quantitative estimate of drug-likeness (QED) is 0.776. The molecule has 0 spiro atoms. The lowest BCUT2D eigenvalue weighted by molar-refractivity contribution is 0.616. The van der Waals surface area contributed by atoms with E-state index < -0.39 is 0 Å². The summed E-state index contributed by atoms with van der Waals surface area (Å²) in [6.07, 6.45) is 0.943. The fourth-order valence-corrected chi connectivity index (χ4v) is 1.30. The maximum Gasteiger partial charge on any atom is 0.0406 e. The summed E-state index contributed by atoms with van der Waals surface area (Å²) in [5.74, 6) is 0. The third kappa shape index (κ3) is 3.35. The van der Waals surface area contributed by atoms with Gasteiger partial charge in [0.25, 0.3) is 0 Å². The summed E-state index contributed by atoms with van der Waals surface area (Å²) in [5, 5.41) is 3.83. The topological polar surface area (TPSA) is 38.0 Å². The molecule has 2 nitrogen and oxygen atoms in total. The minimum absolute atomic E-state index is 0.102. The van der Waals surface area contributed by atoms with E-state index in [0.717, 1.165) is 23.6 Å². The summed E-state index contributed by atoms with van der Waals surface area (Å²) in [5.41, 5.74) is 7.09. The zero-order chi connectivity index (χ0) is 9.68. The maximum absolute atomic E-state index is 5.95. The Kier molecular flexibility index (Phi) is 4.22. The van der Waals surface area contributed by atoms with Crippen LogP contribution in [0.15, 0.2) is 24.3 Å². The molecule has 0 fully saturated rings. The molecule has 0 aliphatic heterocycles. The molecular formula is C10H15ClN2. The van der Waals surface area contributed by atoms with E-state index in [9.17, 15) is 0 Å². The van der Waals surface area contributed by atoms with E-state index in [-0.39, 0.29) is 6.04 Å². The van der Waals surface area contributed by atoms with Crippen LogP contribution in [-0.4, -0.2) is 13.6 Å². The molecule has 0 aliphatic rings. The SMILES string of the molecule is CNCC[C@@H](N)c1ccc(Cl)cc1. The molecule has 0 unspecified atom stereocenters. The molecule has 1 aromatic rings. The molecule has 0 saturated carbocycles. The summed E-state index contributed by atoms with van der Waals surface area (Å²) in [6.45, 7) is 0.934. The van der Waals surface area contributed by atoms with E-state index >= 15 is 0 Å². The van der Waals surface area contributed by atoms with Gasteiger partial charge in [-0.05, 0) is 37.7 Å². The lowest BCUT2D eigenvalue weighted by Crippen LogP contribution is -2.17. The fourth-order valence-electron chi connectivity index (χ4n) is 1.18. The highest BCUT2D eigenvalue weighted by atomic mass is 35.5. The van der Waals surface area contributed by atoms with E-state index in [1.807, 2.05) is 31.3 Å². The Bertz CT molecular complexity index is 246. The highest BCUT2D eigenvalue weighted by Gasteiger charge is 2.03. The number of benzene rings is 1. The predicted molar refractivity (Wildman–Crippen MR) is 56.9 cm³/mol. The van der Waals surface area contributed by atoms with Gasteiger partial charge in [0, 0.05) is 11.1 Å². The molecule has 1 aromatic carbocycles. The standard InChI is InChI=1S/C10H15ClN2/c1-13-7-6-10(12)8-2-4-9(11)5-3-8/h2-5,10,13H,6-7,12H2,1H3/t10-/m1/s1. The Balaban J connectivity index is 2.55. The molecular weight excluding hydrogens is 184 g/mol. The first-order valence-electron chi connectivity index (χ1n) is 4.39. The van der Waals surface area contributed by atoms with Crippen LogP contribution >= 0.6 is 11.6 Å². The Morgan fingerprint density at radius 3 is 2.54 bits per heavy atom. The molecule has 0 aliphatic carbocycles. The van der Waals surface area contributed by atoms with Crippen molar-refractivity contribution in [2.75, 3.05) is 13.6 Å². The van der Waals surface area contributed by atoms with Gasteiger partial charge in [0.05, 0.1) is 0 Å². The first-order chi connectivity index (χ1) is 6.24. The summed E-state index contributed by atoms with van der Waals surface area (Å²) in [4.78, 5) is 0. The summed E-state index contributed by atoms with van der Waals surface area (Å²) >= 11 is 5.77. The molecule has 1 rings (SSSR count). The van der Waals surface area contributed by atoms with Gasteiger partial charge >= 0.3 is 0 Å². The van der Waals surface area contributed by atoms with Crippen molar-refractivity contribution in [1.29, 1.82) is 0 Å². The first-order valence-corrected chi connectivity index (χ1v) is 4.77. The Labute approximate surface area is 84.1 Å². The van der Waals surface area contributed by atoms with Crippen LogP contribution in [0.5, 0.6) is 0 Å². The molecule has 72 valence electrons. The molecule has 0 radical (unpaired) electrons. The molecule has 13 heavy (non-hydrogen) atoms. The van der Waals surface area contributed by atoms with Crippen molar-refractivity contribution in [3.8, 4) is 0 Å². The Morgan fingerprint density at radius 2 is 2.00 bits per heavy atom. The third-order valence-electron chi connectivity index (χ3n) is 2.00. The number of halogens is 1. The van der Waals surface area contributed by atoms with Gasteiger partial charge in [-0.25, -0.2) is 0 Å². The largest absolute Gasteiger partial charge is 0.324 e. The van der Waals surface area contributed by atoms with Gasteiger partial charge in [-0.3, -0.25) is 0 Å². The number of hydrogen-bond acceptors (Lipinski definition) is 2. The molecule has 0 bridgehead atoms. The second-order valence-electron chi connectivity index (χ2n) is 3.05. The average molecular weight is 199 g/mol. The van der Waals surface area contributed by atoms with Crippen molar-refractivity contribution >= 4 is 11.6 Å². The molecule has 0 saturated heterocycles. The zero-order valence-corrected chi connectivity index (χ0v) is 8.51. The fraction of sp³-hybridized carbons (Fsp3) is 0.400. The Morgan fingerprint density at radius 1 is 1.38 bits per heavy atom. The minimum Gasteiger partial charge on any atom is -0.324 e. The smallest absolute Gasteiger partial charge is 0.0406 e. The number of nitrogens with two attached hydrogens (primary N) is 1. The monoisotopic (exact) mass is 198 g/mol. The molecule has 3 heteroatoms. The van der Waals surface area contributed by atoms with Crippen molar-refractivity contribution < 1.29 is 0 Å². The lowest BCUT2D eigenvalue weighted by Gasteiger charge is -2.11. The zero-order valence-electron chi connectivity index (χ0n) is 7.76. The maximum atomic E-state index is 5.95. The van der Waals surface area contributed by atoms with Crippen LogP contribution in [0.25, 0.3) is 0 Å². The van der Waals surface area contributed by atoms with E-state index in [2.05, 4.69) is 5.32 Å². The van der Waals surface area contributed by atoms with Crippen molar-refractivity contribution in [2.45, 2.75) is 12.5 Å². The van der Waals surface area contributed by atoms with E-state index in [0.29, 0.717) is 0 Å². The summed E-state index contributed by atoms with van der Waals surface area (Å²) < 4.78 is 0. The number of rotatable bonds is 4.